The number of hydrogen-bond acceptors (Lipinski definition) is 7. The molecular weight excluding hydrogens is 264 g/mol. The van der Waals surface area contributed by atoms with Crippen molar-refractivity contribution in [1.29, 1.82) is 0 Å². The van der Waals surface area contributed by atoms with Crippen LogP contribution in [0.25, 0.3) is 0 Å². The SMILES string of the molecule is Cc1cc(CN2c3nc(N)[nH]c(=O)c3NC2N)cs1. The highest BCUT2D eigenvalue weighted by molar-refractivity contribution is 7.10. The molecule has 0 saturated heterocycles. The van der Waals surface area contributed by atoms with E-state index in [9.17, 15) is 4.79 Å². The summed E-state index contributed by atoms with van der Waals surface area (Å²) in [6, 6.07) is 2.09. The number of aryl methyl sites for hydroxylation is 1. The minimum Gasteiger partial charge on any atom is -0.369 e. The van der Waals surface area contributed by atoms with Crippen molar-refractivity contribution in [2.45, 2.75) is 19.8 Å². The van der Waals surface area contributed by atoms with E-state index >= 15 is 0 Å². The summed E-state index contributed by atoms with van der Waals surface area (Å²) in [7, 11) is 0. The van der Waals surface area contributed by atoms with E-state index in [0.29, 0.717) is 18.1 Å². The van der Waals surface area contributed by atoms with E-state index in [-0.39, 0.29) is 11.5 Å². The Balaban J connectivity index is 1.98. The second-order valence-electron chi connectivity index (χ2n) is 4.43. The van der Waals surface area contributed by atoms with Gasteiger partial charge in [-0.05, 0) is 23.9 Å². The Morgan fingerprint density at radius 1 is 1.58 bits per heavy atom. The Morgan fingerprint density at radius 2 is 2.37 bits per heavy atom. The molecule has 2 aromatic heterocycles. The molecule has 0 aromatic carbocycles. The molecule has 0 radical (unpaired) electrons. The second-order valence-corrected chi connectivity index (χ2v) is 5.55. The highest BCUT2D eigenvalue weighted by atomic mass is 32.1. The third-order valence-electron chi connectivity index (χ3n) is 2.96. The van der Waals surface area contributed by atoms with Gasteiger partial charge in [-0.3, -0.25) is 15.5 Å². The molecule has 3 rings (SSSR count). The van der Waals surface area contributed by atoms with Gasteiger partial charge in [-0.25, -0.2) is 0 Å². The van der Waals surface area contributed by atoms with Gasteiger partial charge in [-0.1, -0.05) is 0 Å². The molecular formula is C11H14N6OS. The first-order chi connectivity index (χ1) is 9.04. The van der Waals surface area contributed by atoms with E-state index in [0.717, 1.165) is 5.56 Å². The van der Waals surface area contributed by atoms with Crippen molar-refractivity contribution in [3.05, 3.63) is 32.2 Å². The van der Waals surface area contributed by atoms with E-state index in [2.05, 4.69) is 26.7 Å². The number of nitrogens with one attached hydrogen (secondary N) is 2. The average Bonchev–Trinajstić information content (AvgIpc) is 2.87. The molecule has 1 aliphatic heterocycles. The van der Waals surface area contributed by atoms with Crippen molar-refractivity contribution in [1.82, 2.24) is 9.97 Å². The topological polar surface area (TPSA) is 113 Å². The zero-order valence-corrected chi connectivity index (χ0v) is 11.1. The highest BCUT2D eigenvalue weighted by Gasteiger charge is 2.30. The molecule has 6 N–H and O–H groups in total. The van der Waals surface area contributed by atoms with Crippen LogP contribution in [0.5, 0.6) is 0 Å². The van der Waals surface area contributed by atoms with Crippen LogP contribution in [0.3, 0.4) is 0 Å². The lowest BCUT2D eigenvalue weighted by Gasteiger charge is -2.21. The quantitative estimate of drug-likeness (QED) is 0.632. The van der Waals surface area contributed by atoms with Crippen LogP contribution in [0.15, 0.2) is 16.2 Å². The molecule has 8 heteroatoms. The smallest absolute Gasteiger partial charge is 0.277 e. The maximum atomic E-state index is 11.8. The lowest BCUT2D eigenvalue weighted by molar-refractivity contribution is 0.692. The minimum atomic E-state index is -0.481. The molecule has 100 valence electrons. The van der Waals surface area contributed by atoms with Gasteiger partial charge in [0.05, 0.1) is 0 Å². The number of rotatable bonds is 2. The third-order valence-corrected chi connectivity index (χ3v) is 3.87. The van der Waals surface area contributed by atoms with Gasteiger partial charge in [0, 0.05) is 11.4 Å². The van der Waals surface area contributed by atoms with Gasteiger partial charge in [0.2, 0.25) is 5.95 Å². The van der Waals surface area contributed by atoms with Crippen molar-refractivity contribution in [2.75, 3.05) is 16.0 Å². The van der Waals surface area contributed by atoms with E-state index in [1.165, 1.54) is 4.88 Å². The van der Waals surface area contributed by atoms with Crippen molar-refractivity contribution >= 4 is 28.8 Å². The summed E-state index contributed by atoms with van der Waals surface area (Å²) in [6.07, 6.45) is -0.481. The maximum Gasteiger partial charge on any atom is 0.277 e. The zero-order valence-electron chi connectivity index (χ0n) is 10.3. The van der Waals surface area contributed by atoms with Crippen LogP contribution in [0.1, 0.15) is 10.4 Å². The molecule has 0 fully saturated rings. The second kappa shape index (κ2) is 4.25. The molecule has 0 aliphatic carbocycles. The highest BCUT2D eigenvalue weighted by Crippen LogP contribution is 2.30. The fourth-order valence-corrected chi connectivity index (χ4v) is 2.82. The number of hydrogen-bond donors (Lipinski definition) is 4. The van der Waals surface area contributed by atoms with Crippen LogP contribution in [-0.2, 0) is 6.54 Å². The monoisotopic (exact) mass is 278 g/mol. The van der Waals surface area contributed by atoms with Gasteiger partial charge < -0.3 is 16.0 Å². The molecule has 2 aromatic rings. The number of aromatic amines is 1. The van der Waals surface area contributed by atoms with Crippen LogP contribution in [0, 0.1) is 6.92 Å². The first-order valence-corrected chi connectivity index (χ1v) is 6.65. The molecule has 19 heavy (non-hydrogen) atoms. The van der Waals surface area contributed by atoms with Gasteiger partial charge in [0.15, 0.2) is 12.1 Å². The van der Waals surface area contributed by atoms with Crippen molar-refractivity contribution in [3.8, 4) is 0 Å². The number of H-pyrrole nitrogens is 1. The molecule has 3 heterocycles. The number of nitrogens with zero attached hydrogens (tertiary/aromatic N) is 2. The van der Waals surface area contributed by atoms with Crippen LogP contribution >= 0.6 is 11.3 Å². The number of nitrogens with two attached hydrogens (primary N) is 2. The Labute approximate surface area is 113 Å². The van der Waals surface area contributed by atoms with E-state index in [1.54, 1.807) is 11.3 Å². The zero-order chi connectivity index (χ0) is 13.6. The van der Waals surface area contributed by atoms with Crippen LogP contribution in [-0.4, -0.2) is 16.3 Å². The Hall–Kier alpha value is -2.06. The number of thiophene rings is 1. The largest absolute Gasteiger partial charge is 0.369 e. The molecule has 7 nitrogen and oxygen atoms in total. The van der Waals surface area contributed by atoms with Gasteiger partial charge in [0.25, 0.3) is 5.56 Å². The van der Waals surface area contributed by atoms with Crippen molar-refractivity contribution < 1.29 is 0 Å². The van der Waals surface area contributed by atoms with Gasteiger partial charge in [-0.2, -0.15) is 4.98 Å². The van der Waals surface area contributed by atoms with Crippen LogP contribution in [0.4, 0.5) is 17.5 Å². The van der Waals surface area contributed by atoms with Crippen LogP contribution in [0.2, 0.25) is 0 Å². The third kappa shape index (κ3) is 2.04. The maximum absolute atomic E-state index is 11.8. The van der Waals surface area contributed by atoms with Crippen LogP contribution < -0.4 is 27.2 Å². The Morgan fingerprint density at radius 3 is 3.05 bits per heavy atom. The van der Waals surface area contributed by atoms with Gasteiger partial charge >= 0.3 is 0 Å². The lowest BCUT2D eigenvalue weighted by atomic mass is 10.3. The van der Waals surface area contributed by atoms with Crippen molar-refractivity contribution in [3.63, 3.8) is 0 Å². The molecule has 0 bridgehead atoms. The first-order valence-electron chi connectivity index (χ1n) is 5.77. The van der Waals surface area contributed by atoms with E-state index in [1.807, 2.05) is 11.8 Å². The number of nitrogen functional groups attached to an aromatic ring is 1. The fraction of sp³-hybridized carbons (Fsp3) is 0.273. The molecule has 0 spiro atoms. The normalized spacial score (nSPS) is 17.4. The lowest BCUT2D eigenvalue weighted by Crippen LogP contribution is -2.42. The Bertz CT molecular complexity index is 678. The fourth-order valence-electron chi connectivity index (χ4n) is 2.12. The summed E-state index contributed by atoms with van der Waals surface area (Å²) < 4.78 is 0. The summed E-state index contributed by atoms with van der Waals surface area (Å²) >= 11 is 1.68. The number of anilines is 3. The minimum absolute atomic E-state index is 0.0890. The van der Waals surface area contributed by atoms with Crippen molar-refractivity contribution in [2.24, 2.45) is 5.73 Å². The summed E-state index contributed by atoms with van der Waals surface area (Å²) in [5, 5.41) is 4.98. The molecule has 0 amide bonds. The van der Waals surface area contributed by atoms with Gasteiger partial charge in [0.1, 0.15) is 5.69 Å². The number of fused-ring (bicyclic) bond motifs is 1. The summed E-state index contributed by atoms with van der Waals surface area (Å²) in [5.41, 5.74) is 12.8. The summed E-state index contributed by atoms with van der Waals surface area (Å²) in [5.74, 6) is 0.587. The van der Waals surface area contributed by atoms with E-state index < -0.39 is 6.29 Å². The van der Waals surface area contributed by atoms with Gasteiger partial charge in [-0.15, -0.1) is 11.3 Å². The molecule has 1 aliphatic rings. The predicted molar refractivity (Wildman–Crippen MR) is 76.1 cm³/mol. The van der Waals surface area contributed by atoms with E-state index in [4.69, 9.17) is 11.5 Å². The first kappa shape index (κ1) is 12.0. The summed E-state index contributed by atoms with van der Waals surface area (Å²) in [6.45, 7) is 2.63. The molecule has 0 saturated carbocycles. The number of aromatic nitrogens is 2. The molecule has 1 atom stereocenters. The average molecular weight is 278 g/mol. The summed E-state index contributed by atoms with van der Waals surface area (Å²) in [4.78, 5) is 21.4. The Kier molecular flexibility index (Phi) is 2.68. The molecule has 1 unspecified atom stereocenters. The standard InChI is InChI=1S/C11H14N6OS/c1-5-2-6(4-19-5)3-17-8-7(14-11(17)13)9(18)16-10(12)15-8/h2,4,11,14H,3,13H2,1H3,(H3,12,15,16,18). The predicted octanol–water partition coefficient (Wildman–Crippen LogP) is 0.396.